The van der Waals surface area contributed by atoms with E-state index in [9.17, 15) is 14.4 Å². The third kappa shape index (κ3) is 8.79. The van der Waals surface area contributed by atoms with Gasteiger partial charge in [0, 0.05) is 17.1 Å². The van der Waals surface area contributed by atoms with Crippen LogP contribution in [0.25, 0.3) is 0 Å². The van der Waals surface area contributed by atoms with Gasteiger partial charge in [0.2, 0.25) is 0 Å². The van der Waals surface area contributed by atoms with E-state index >= 15 is 0 Å². The summed E-state index contributed by atoms with van der Waals surface area (Å²) >= 11 is 7.40. The molecule has 0 fully saturated rings. The van der Waals surface area contributed by atoms with Gasteiger partial charge < -0.3 is 15.4 Å². The van der Waals surface area contributed by atoms with Crippen molar-refractivity contribution in [3.05, 3.63) is 46.5 Å². The van der Waals surface area contributed by atoms with Crippen molar-refractivity contribution in [3.63, 3.8) is 0 Å². The summed E-state index contributed by atoms with van der Waals surface area (Å²) in [6.45, 7) is 0.176. The Balaban J connectivity index is 1.78. The highest BCUT2D eigenvalue weighted by Gasteiger charge is 2.23. The molecule has 0 bridgehead atoms. The van der Waals surface area contributed by atoms with E-state index < -0.39 is 12.0 Å². The number of nitrogens with one attached hydrogen (secondary N) is 2. The first-order valence-electron chi connectivity index (χ1n) is 10.2. The van der Waals surface area contributed by atoms with E-state index in [1.807, 2.05) is 6.26 Å². The van der Waals surface area contributed by atoms with Crippen LogP contribution in [0.3, 0.4) is 0 Å². The molecule has 164 valence electrons. The van der Waals surface area contributed by atoms with Crippen molar-refractivity contribution in [2.45, 2.75) is 44.6 Å². The minimum atomic E-state index is -0.819. The second-order valence-corrected chi connectivity index (χ2v) is 8.55. The van der Waals surface area contributed by atoms with Gasteiger partial charge in [-0.15, -0.1) is 0 Å². The zero-order chi connectivity index (χ0) is 21.8. The highest BCUT2D eigenvalue weighted by Crippen LogP contribution is 2.19. The topological polar surface area (TPSA) is 84.5 Å². The molecule has 0 radical (unpaired) electrons. The van der Waals surface area contributed by atoms with E-state index in [1.54, 1.807) is 36.0 Å². The first-order chi connectivity index (χ1) is 14.5. The van der Waals surface area contributed by atoms with Gasteiger partial charge in [0.15, 0.2) is 6.61 Å². The van der Waals surface area contributed by atoms with Crippen LogP contribution in [0.15, 0.2) is 35.9 Å². The molecule has 30 heavy (non-hydrogen) atoms. The minimum absolute atomic E-state index is 0.340. The van der Waals surface area contributed by atoms with Crippen LogP contribution in [0.1, 0.15) is 48.9 Å². The van der Waals surface area contributed by atoms with Crippen molar-refractivity contribution in [2.24, 2.45) is 0 Å². The molecule has 1 unspecified atom stereocenters. The third-order valence-electron chi connectivity index (χ3n) is 4.81. The number of benzene rings is 1. The molecule has 1 aliphatic rings. The summed E-state index contributed by atoms with van der Waals surface area (Å²) in [5, 5.41) is 5.99. The molecule has 8 heteroatoms. The SMILES string of the molecule is CSCCC(NC(=O)c1ccc(Cl)cc1)C(=O)OCC(=O)NCCC1=CCCCC1. The summed E-state index contributed by atoms with van der Waals surface area (Å²) in [6, 6.07) is 5.58. The summed E-state index contributed by atoms with van der Waals surface area (Å²) in [6.07, 6.45) is 10.0. The van der Waals surface area contributed by atoms with E-state index in [0.717, 1.165) is 19.3 Å². The zero-order valence-corrected chi connectivity index (χ0v) is 18.8. The molecule has 0 aliphatic heterocycles. The van der Waals surface area contributed by atoms with Gasteiger partial charge in [0.1, 0.15) is 6.04 Å². The Morgan fingerprint density at radius 3 is 2.63 bits per heavy atom. The fraction of sp³-hybridized carbons (Fsp3) is 0.500. The Kier molecular flexibility index (Phi) is 10.8. The minimum Gasteiger partial charge on any atom is -0.454 e. The molecule has 0 saturated heterocycles. The third-order valence-corrected chi connectivity index (χ3v) is 5.70. The zero-order valence-electron chi connectivity index (χ0n) is 17.2. The lowest BCUT2D eigenvalue weighted by atomic mass is 9.97. The van der Waals surface area contributed by atoms with E-state index in [1.165, 1.54) is 18.4 Å². The number of hydrogen-bond donors (Lipinski definition) is 2. The number of halogens is 1. The molecular formula is C22H29ClN2O4S. The Hall–Kier alpha value is -1.99. The van der Waals surface area contributed by atoms with Gasteiger partial charge in [0.05, 0.1) is 0 Å². The quantitative estimate of drug-likeness (QED) is 0.394. The molecule has 6 nitrogen and oxygen atoms in total. The molecule has 1 aromatic carbocycles. The van der Waals surface area contributed by atoms with Crippen LogP contribution in [0, 0.1) is 0 Å². The Morgan fingerprint density at radius 1 is 1.20 bits per heavy atom. The fourth-order valence-electron chi connectivity index (χ4n) is 3.11. The van der Waals surface area contributed by atoms with Crippen LogP contribution in [-0.4, -0.2) is 49.0 Å². The van der Waals surface area contributed by atoms with Crippen LogP contribution < -0.4 is 10.6 Å². The largest absolute Gasteiger partial charge is 0.454 e. The second kappa shape index (κ2) is 13.3. The summed E-state index contributed by atoms with van der Waals surface area (Å²) in [5.41, 5.74) is 1.77. The summed E-state index contributed by atoms with van der Waals surface area (Å²) in [7, 11) is 0. The van der Waals surface area contributed by atoms with E-state index in [2.05, 4.69) is 16.7 Å². The number of ether oxygens (including phenoxy) is 1. The van der Waals surface area contributed by atoms with Crippen LogP contribution >= 0.6 is 23.4 Å². The average molecular weight is 453 g/mol. The van der Waals surface area contributed by atoms with Crippen LogP contribution in [0.5, 0.6) is 0 Å². The fourth-order valence-corrected chi connectivity index (χ4v) is 3.71. The molecule has 1 aromatic rings. The van der Waals surface area contributed by atoms with E-state index in [4.69, 9.17) is 16.3 Å². The molecule has 1 aliphatic carbocycles. The summed E-state index contributed by atoms with van der Waals surface area (Å²) in [4.78, 5) is 36.8. The second-order valence-electron chi connectivity index (χ2n) is 7.13. The standard InChI is InChI=1S/C22H29ClN2O4S/c1-30-14-12-19(25-21(27)17-7-9-18(23)10-8-17)22(28)29-15-20(26)24-13-11-16-5-3-2-4-6-16/h5,7-10,19H,2-4,6,11-15H2,1H3,(H,24,26)(H,25,27). The van der Waals surface area contributed by atoms with Crippen molar-refractivity contribution in [1.29, 1.82) is 0 Å². The maximum Gasteiger partial charge on any atom is 0.329 e. The molecule has 2 N–H and O–H groups in total. The van der Waals surface area contributed by atoms with Gasteiger partial charge >= 0.3 is 5.97 Å². The van der Waals surface area contributed by atoms with Gasteiger partial charge in [-0.05, 0) is 74.8 Å². The van der Waals surface area contributed by atoms with Gasteiger partial charge in [-0.25, -0.2) is 4.79 Å². The molecular weight excluding hydrogens is 424 g/mol. The van der Waals surface area contributed by atoms with Crippen molar-refractivity contribution in [3.8, 4) is 0 Å². The van der Waals surface area contributed by atoms with Gasteiger partial charge in [0.25, 0.3) is 11.8 Å². The highest BCUT2D eigenvalue weighted by molar-refractivity contribution is 7.98. The first kappa shape index (κ1) is 24.3. The van der Waals surface area contributed by atoms with Crippen LogP contribution in [0.4, 0.5) is 0 Å². The summed E-state index contributed by atoms with van der Waals surface area (Å²) < 4.78 is 5.15. The number of carbonyl (C=O) groups is 3. The molecule has 0 aromatic heterocycles. The lowest BCUT2D eigenvalue weighted by Gasteiger charge is -2.17. The Bertz CT molecular complexity index is 752. The molecule has 0 saturated carbocycles. The van der Waals surface area contributed by atoms with Crippen LogP contribution in [-0.2, 0) is 14.3 Å². The van der Waals surface area contributed by atoms with Crippen LogP contribution in [0.2, 0.25) is 5.02 Å². The molecule has 0 spiro atoms. The lowest BCUT2D eigenvalue weighted by Crippen LogP contribution is -2.43. The number of rotatable bonds is 11. The van der Waals surface area contributed by atoms with Gasteiger partial charge in [-0.1, -0.05) is 23.3 Å². The predicted octanol–water partition coefficient (Wildman–Crippen LogP) is 3.74. The van der Waals surface area contributed by atoms with Crippen molar-refractivity contribution in [2.75, 3.05) is 25.2 Å². The maximum atomic E-state index is 12.4. The number of amides is 2. The molecule has 1 atom stereocenters. The number of hydrogen-bond acceptors (Lipinski definition) is 5. The average Bonchev–Trinajstić information content (AvgIpc) is 2.76. The van der Waals surface area contributed by atoms with E-state index in [-0.39, 0.29) is 18.4 Å². The number of esters is 1. The monoisotopic (exact) mass is 452 g/mol. The van der Waals surface area contributed by atoms with Crippen molar-refractivity contribution < 1.29 is 19.1 Å². The maximum absolute atomic E-state index is 12.4. The lowest BCUT2D eigenvalue weighted by molar-refractivity contribution is -0.150. The van der Waals surface area contributed by atoms with Gasteiger partial charge in [-0.3, -0.25) is 9.59 Å². The number of carbonyl (C=O) groups excluding carboxylic acids is 3. The molecule has 2 rings (SSSR count). The number of thioether (sulfide) groups is 1. The molecule has 0 heterocycles. The van der Waals surface area contributed by atoms with Gasteiger partial charge in [-0.2, -0.15) is 11.8 Å². The first-order valence-corrected chi connectivity index (χ1v) is 11.9. The van der Waals surface area contributed by atoms with E-state index in [0.29, 0.717) is 29.3 Å². The van der Waals surface area contributed by atoms with Crippen molar-refractivity contribution in [1.82, 2.24) is 10.6 Å². The normalized spacial score (nSPS) is 14.4. The predicted molar refractivity (Wildman–Crippen MR) is 121 cm³/mol. The molecule has 2 amide bonds. The number of allylic oxidation sites excluding steroid dienone is 1. The Morgan fingerprint density at radius 2 is 1.97 bits per heavy atom. The highest BCUT2D eigenvalue weighted by atomic mass is 35.5. The summed E-state index contributed by atoms with van der Waals surface area (Å²) in [5.74, 6) is -0.675. The smallest absolute Gasteiger partial charge is 0.329 e. The Labute approximate surface area is 187 Å². The van der Waals surface area contributed by atoms with Crippen molar-refractivity contribution >= 4 is 41.1 Å².